The predicted octanol–water partition coefficient (Wildman–Crippen LogP) is -2.13. The maximum Gasteiger partial charge on any atom is 1.00 e. The molecule has 0 unspecified atom stereocenters. The Morgan fingerprint density at radius 2 is 1.28 bits per heavy atom. The van der Waals surface area contributed by atoms with Crippen molar-refractivity contribution < 1.29 is 28.8 Å². The van der Waals surface area contributed by atoms with Crippen LogP contribution in [0.15, 0.2) is 60.7 Å². The third-order valence-corrected chi connectivity index (χ3v) is 4.84. The molecule has 18 heavy (non-hydrogen) atoms. The molecular weight excluding hydrogens is 238 g/mol. The zero-order valence-electron chi connectivity index (χ0n) is 10.2. The van der Waals surface area contributed by atoms with Crippen LogP contribution >= 0.6 is 7.92 Å². The van der Waals surface area contributed by atoms with Crippen LogP contribution in [-0.2, 0) is 4.79 Å². The van der Waals surface area contributed by atoms with Crippen molar-refractivity contribution in [2.24, 2.45) is 0 Å². The number of carbonyl (C=O) groups excluding carboxylic acids is 1. The fourth-order valence-corrected chi connectivity index (χ4v) is 3.66. The van der Waals surface area contributed by atoms with Gasteiger partial charge in [-0.25, -0.2) is 0 Å². The van der Waals surface area contributed by atoms with Crippen LogP contribution in [0.2, 0.25) is 0 Å². The third kappa shape index (κ3) is 4.00. The summed E-state index contributed by atoms with van der Waals surface area (Å²) >= 11 is 0. The van der Waals surface area contributed by atoms with E-state index < -0.39 is 13.9 Å². The van der Waals surface area contributed by atoms with Gasteiger partial charge in [-0.2, -0.15) is 0 Å². The molecule has 2 nitrogen and oxygen atoms in total. The third-order valence-electron chi connectivity index (χ3n) is 2.42. The van der Waals surface area contributed by atoms with E-state index in [1.807, 2.05) is 60.7 Å². The van der Waals surface area contributed by atoms with Crippen molar-refractivity contribution in [3.8, 4) is 0 Å². The molecule has 0 amide bonds. The summed E-state index contributed by atoms with van der Waals surface area (Å²) in [7, 11) is -0.852. The Hall–Kier alpha value is -1.06. The van der Waals surface area contributed by atoms with Gasteiger partial charge in [-0.1, -0.05) is 60.7 Å². The van der Waals surface area contributed by atoms with Crippen molar-refractivity contribution in [3.05, 3.63) is 60.7 Å². The first kappa shape index (κ1) is 15.0. The normalized spacial score (nSPS) is 9.83. The molecular formula is C14H12LiO2P. The summed E-state index contributed by atoms with van der Waals surface area (Å²) in [6.45, 7) is 0. The van der Waals surface area contributed by atoms with Crippen LogP contribution < -0.4 is 34.6 Å². The van der Waals surface area contributed by atoms with E-state index in [1.165, 1.54) is 0 Å². The zero-order valence-corrected chi connectivity index (χ0v) is 11.1. The van der Waals surface area contributed by atoms with E-state index in [0.29, 0.717) is 0 Å². The molecule has 0 heterocycles. The van der Waals surface area contributed by atoms with Crippen LogP contribution in [0.3, 0.4) is 0 Å². The van der Waals surface area contributed by atoms with E-state index in [0.717, 1.165) is 10.6 Å². The standard InChI is InChI=1S/C14H13O2P.Li/c15-14(16)11-17(12-7-3-1-4-8-12)13-9-5-2-6-10-13;/h1-10H,11H2,(H,15,16);/q;+1/p-1. The zero-order chi connectivity index (χ0) is 12.1. The number of carboxylic acid groups (broad SMARTS) is 1. The van der Waals surface area contributed by atoms with Crippen molar-refractivity contribution in [1.82, 2.24) is 0 Å². The van der Waals surface area contributed by atoms with Gasteiger partial charge in [0.1, 0.15) is 0 Å². The molecule has 0 radical (unpaired) electrons. The Morgan fingerprint density at radius 3 is 1.61 bits per heavy atom. The monoisotopic (exact) mass is 250 g/mol. The quantitative estimate of drug-likeness (QED) is 0.459. The van der Waals surface area contributed by atoms with E-state index >= 15 is 0 Å². The number of carboxylic acids is 1. The fourth-order valence-electron chi connectivity index (χ4n) is 1.68. The first-order chi connectivity index (χ1) is 8.27. The van der Waals surface area contributed by atoms with Gasteiger partial charge in [-0.3, -0.25) is 0 Å². The molecule has 0 aromatic heterocycles. The summed E-state index contributed by atoms with van der Waals surface area (Å²) in [5.74, 6) is -0.996. The molecule has 0 atom stereocenters. The van der Waals surface area contributed by atoms with Crippen LogP contribution in [0.1, 0.15) is 0 Å². The van der Waals surface area contributed by atoms with Gasteiger partial charge >= 0.3 is 18.9 Å². The molecule has 2 aromatic carbocycles. The second kappa shape index (κ2) is 7.39. The minimum absolute atomic E-state index is 0. The molecule has 0 saturated carbocycles. The Balaban J connectivity index is 0.00000162. The number of hydrogen-bond donors (Lipinski definition) is 0. The molecule has 0 saturated heterocycles. The van der Waals surface area contributed by atoms with E-state index in [2.05, 4.69) is 0 Å². The van der Waals surface area contributed by atoms with Gasteiger partial charge in [0.05, 0.1) is 0 Å². The van der Waals surface area contributed by atoms with Crippen molar-refractivity contribution in [1.29, 1.82) is 0 Å². The van der Waals surface area contributed by atoms with Gasteiger partial charge in [-0.05, 0) is 18.5 Å². The minimum atomic E-state index is -0.996. The number of benzene rings is 2. The van der Waals surface area contributed by atoms with E-state index in [9.17, 15) is 9.90 Å². The van der Waals surface area contributed by atoms with Crippen molar-refractivity contribution in [3.63, 3.8) is 0 Å². The fraction of sp³-hybridized carbons (Fsp3) is 0.0714. The molecule has 86 valence electrons. The van der Waals surface area contributed by atoms with Crippen molar-refractivity contribution >= 4 is 24.5 Å². The summed E-state index contributed by atoms with van der Waals surface area (Å²) in [6.07, 6.45) is 0.0728. The molecule has 2 rings (SSSR count). The van der Waals surface area contributed by atoms with Gasteiger partial charge in [0.2, 0.25) is 0 Å². The molecule has 0 bridgehead atoms. The maximum absolute atomic E-state index is 10.9. The number of rotatable bonds is 4. The molecule has 0 aliphatic rings. The van der Waals surface area contributed by atoms with Gasteiger partial charge in [0.25, 0.3) is 0 Å². The largest absolute Gasteiger partial charge is 1.00 e. The summed E-state index contributed by atoms with van der Waals surface area (Å²) in [5, 5.41) is 13.0. The Labute approximate surface area is 120 Å². The van der Waals surface area contributed by atoms with E-state index in [4.69, 9.17) is 0 Å². The molecule has 0 aliphatic heterocycles. The minimum Gasteiger partial charge on any atom is -0.550 e. The Morgan fingerprint density at radius 1 is 0.889 bits per heavy atom. The predicted molar refractivity (Wildman–Crippen MR) is 68.9 cm³/mol. The molecule has 2 aromatic rings. The second-order valence-electron chi connectivity index (χ2n) is 3.63. The van der Waals surface area contributed by atoms with Crippen LogP contribution in [-0.4, -0.2) is 12.1 Å². The molecule has 0 fully saturated rings. The van der Waals surface area contributed by atoms with Crippen molar-refractivity contribution in [2.75, 3.05) is 6.16 Å². The summed E-state index contributed by atoms with van der Waals surface area (Å²) < 4.78 is 0. The average molecular weight is 250 g/mol. The number of hydrogen-bond acceptors (Lipinski definition) is 2. The Bertz CT molecular complexity index is 448. The first-order valence-corrected chi connectivity index (χ1v) is 6.87. The van der Waals surface area contributed by atoms with E-state index in [1.54, 1.807) is 0 Å². The molecule has 0 spiro atoms. The van der Waals surface area contributed by atoms with Crippen LogP contribution in [0, 0.1) is 0 Å². The molecule has 0 aliphatic carbocycles. The Kier molecular flexibility index (Phi) is 6.16. The molecule has 4 heteroatoms. The van der Waals surface area contributed by atoms with Gasteiger partial charge in [-0.15, -0.1) is 0 Å². The van der Waals surface area contributed by atoms with Crippen LogP contribution in [0.25, 0.3) is 0 Å². The molecule has 0 N–H and O–H groups in total. The van der Waals surface area contributed by atoms with Gasteiger partial charge < -0.3 is 9.90 Å². The summed E-state index contributed by atoms with van der Waals surface area (Å²) in [6, 6.07) is 19.5. The van der Waals surface area contributed by atoms with Gasteiger partial charge in [0, 0.05) is 12.1 Å². The summed E-state index contributed by atoms with van der Waals surface area (Å²) in [5.41, 5.74) is 0. The maximum atomic E-state index is 10.9. The summed E-state index contributed by atoms with van der Waals surface area (Å²) in [4.78, 5) is 10.9. The van der Waals surface area contributed by atoms with E-state index in [-0.39, 0.29) is 25.0 Å². The second-order valence-corrected chi connectivity index (χ2v) is 5.83. The first-order valence-electron chi connectivity index (χ1n) is 5.35. The number of aliphatic carboxylic acids is 1. The van der Waals surface area contributed by atoms with Crippen LogP contribution in [0.5, 0.6) is 0 Å². The van der Waals surface area contributed by atoms with Crippen LogP contribution in [0.4, 0.5) is 0 Å². The topological polar surface area (TPSA) is 40.1 Å². The van der Waals surface area contributed by atoms with Gasteiger partial charge in [0.15, 0.2) is 0 Å². The average Bonchev–Trinajstić information content (AvgIpc) is 2.38. The van der Waals surface area contributed by atoms with Crippen molar-refractivity contribution in [2.45, 2.75) is 0 Å². The smallest absolute Gasteiger partial charge is 0.550 e. The SMILES string of the molecule is O=C([O-])CP(c1ccccc1)c1ccccc1.[Li+]. The number of carbonyl (C=O) groups is 1.